The lowest BCUT2D eigenvalue weighted by molar-refractivity contribution is 0.253. The Kier molecular flexibility index (Phi) is 5.76. The lowest BCUT2D eigenvalue weighted by Gasteiger charge is -2.33. The van der Waals surface area contributed by atoms with Crippen molar-refractivity contribution in [2.75, 3.05) is 12.4 Å². The van der Waals surface area contributed by atoms with E-state index < -0.39 is 0 Å². The molecule has 1 N–H and O–H groups in total. The number of aliphatic imine (C=N–C) groups is 1. The first-order valence-corrected chi connectivity index (χ1v) is 11.5. The van der Waals surface area contributed by atoms with Crippen molar-refractivity contribution in [1.82, 2.24) is 9.88 Å². The highest BCUT2D eigenvalue weighted by molar-refractivity contribution is 9.10. The first kappa shape index (κ1) is 19.9. The second-order valence-electron chi connectivity index (χ2n) is 6.71. The minimum Gasteiger partial charge on any atom is -0.503 e. The molecular weight excluding hydrogens is 462 g/mol. The molecule has 1 fully saturated rings. The molecule has 1 aromatic carbocycles. The standard InChI is InChI=1S/C20H21BrClN3O2S/c1-3-11-10-28-20-24-17(13-7-5-6-8-23-13)18(25(11)20)12-9-14(27-4-2)19(26)16(22)15(12)21/h5-9,11,17-18,26H,3-4,10H2,1-2H3. The molecule has 3 atom stereocenters. The molecule has 0 radical (unpaired) electrons. The van der Waals surface area contributed by atoms with E-state index in [-0.39, 0.29) is 22.9 Å². The normalized spacial score (nSPS) is 23.6. The minimum atomic E-state index is -0.149. The summed E-state index contributed by atoms with van der Waals surface area (Å²) in [6, 6.07) is 7.95. The van der Waals surface area contributed by atoms with Gasteiger partial charge in [-0.1, -0.05) is 36.4 Å². The van der Waals surface area contributed by atoms with Crippen LogP contribution in [0.3, 0.4) is 0 Å². The van der Waals surface area contributed by atoms with Crippen molar-refractivity contribution in [3.8, 4) is 11.5 Å². The molecular formula is C20H21BrClN3O2S. The third-order valence-corrected chi connectivity index (χ3v) is 7.70. The molecule has 0 bridgehead atoms. The smallest absolute Gasteiger partial charge is 0.177 e. The number of benzene rings is 1. The van der Waals surface area contributed by atoms with E-state index >= 15 is 0 Å². The van der Waals surface area contributed by atoms with Crippen LogP contribution in [0.4, 0.5) is 0 Å². The van der Waals surface area contributed by atoms with Crippen molar-refractivity contribution in [3.05, 3.63) is 51.2 Å². The lowest BCUT2D eigenvalue weighted by Crippen LogP contribution is -2.35. The van der Waals surface area contributed by atoms with Gasteiger partial charge in [-0.15, -0.1) is 0 Å². The van der Waals surface area contributed by atoms with Crippen LogP contribution in [0.5, 0.6) is 11.5 Å². The van der Waals surface area contributed by atoms with Gasteiger partial charge in [0.25, 0.3) is 0 Å². The lowest BCUT2D eigenvalue weighted by atomic mass is 9.95. The molecule has 148 valence electrons. The van der Waals surface area contributed by atoms with Gasteiger partial charge in [0.05, 0.1) is 18.3 Å². The topological polar surface area (TPSA) is 58.0 Å². The van der Waals surface area contributed by atoms with E-state index in [1.54, 1.807) is 18.0 Å². The molecule has 0 saturated carbocycles. The molecule has 8 heteroatoms. The number of nitrogens with zero attached hydrogens (tertiary/aromatic N) is 3. The molecule has 0 spiro atoms. The van der Waals surface area contributed by atoms with E-state index in [0.717, 1.165) is 28.6 Å². The summed E-state index contributed by atoms with van der Waals surface area (Å²) in [5, 5.41) is 11.7. The van der Waals surface area contributed by atoms with E-state index in [4.69, 9.17) is 21.3 Å². The minimum absolute atomic E-state index is 0.0458. The second kappa shape index (κ2) is 8.13. The quantitative estimate of drug-likeness (QED) is 0.603. The van der Waals surface area contributed by atoms with Gasteiger partial charge in [0.1, 0.15) is 11.1 Å². The van der Waals surface area contributed by atoms with Gasteiger partial charge in [-0.05, 0) is 53.0 Å². The van der Waals surface area contributed by atoms with Gasteiger partial charge in [0.2, 0.25) is 0 Å². The Morgan fingerprint density at radius 2 is 2.21 bits per heavy atom. The average Bonchev–Trinajstić information content (AvgIpc) is 3.28. The van der Waals surface area contributed by atoms with Crippen molar-refractivity contribution in [3.63, 3.8) is 0 Å². The molecule has 2 aromatic rings. The van der Waals surface area contributed by atoms with Crippen molar-refractivity contribution >= 4 is 44.5 Å². The van der Waals surface area contributed by atoms with Crippen LogP contribution in [0.25, 0.3) is 0 Å². The summed E-state index contributed by atoms with van der Waals surface area (Å²) < 4.78 is 6.32. The van der Waals surface area contributed by atoms with Gasteiger partial charge in [0, 0.05) is 22.5 Å². The van der Waals surface area contributed by atoms with Crippen LogP contribution in [0.2, 0.25) is 5.02 Å². The monoisotopic (exact) mass is 481 g/mol. The van der Waals surface area contributed by atoms with Crippen molar-refractivity contribution in [2.24, 2.45) is 4.99 Å². The van der Waals surface area contributed by atoms with Gasteiger partial charge < -0.3 is 14.7 Å². The Bertz CT molecular complexity index is 912. The summed E-state index contributed by atoms with van der Waals surface area (Å²) in [5.41, 5.74) is 1.86. The number of pyridine rings is 1. The van der Waals surface area contributed by atoms with Crippen LogP contribution < -0.4 is 4.74 Å². The van der Waals surface area contributed by atoms with Gasteiger partial charge in [-0.25, -0.2) is 0 Å². The Morgan fingerprint density at radius 1 is 1.39 bits per heavy atom. The van der Waals surface area contributed by atoms with Crippen molar-refractivity contribution < 1.29 is 9.84 Å². The molecule has 0 amide bonds. The van der Waals surface area contributed by atoms with E-state index in [1.165, 1.54) is 0 Å². The van der Waals surface area contributed by atoms with Gasteiger partial charge in [-0.2, -0.15) is 0 Å². The van der Waals surface area contributed by atoms with Crippen LogP contribution in [0.15, 0.2) is 39.9 Å². The molecule has 1 aromatic heterocycles. The summed E-state index contributed by atoms with van der Waals surface area (Å²) in [4.78, 5) is 12.0. The van der Waals surface area contributed by atoms with Gasteiger partial charge >= 0.3 is 0 Å². The van der Waals surface area contributed by atoms with Crippen LogP contribution in [0.1, 0.15) is 43.6 Å². The molecule has 4 rings (SSSR count). The zero-order chi connectivity index (χ0) is 19.8. The maximum absolute atomic E-state index is 10.4. The number of hydrogen-bond acceptors (Lipinski definition) is 6. The number of rotatable bonds is 5. The molecule has 5 nitrogen and oxygen atoms in total. The van der Waals surface area contributed by atoms with Crippen molar-refractivity contribution in [1.29, 1.82) is 0 Å². The number of phenols is 1. The Hall–Kier alpha value is -1.44. The molecule has 3 unspecified atom stereocenters. The number of aromatic nitrogens is 1. The molecule has 3 heterocycles. The summed E-state index contributed by atoms with van der Waals surface area (Å²) in [6.07, 6.45) is 2.82. The summed E-state index contributed by atoms with van der Waals surface area (Å²) >= 11 is 11.9. The molecule has 1 saturated heterocycles. The van der Waals surface area contributed by atoms with Crippen molar-refractivity contribution in [2.45, 2.75) is 38.4 Å². The fourth-order valence-corrected chi connectivity index (χ4v) is 5.86. The third kappa shape index (κ3) is 3.27. The molecule has 2 aliphatic rings. The van der Waals surface area contributed by atoms with Gasteiger partial charge in [0.15, 0.2) is 16.7 Å². The maximum atomic E-state index is 10.4. The molecule has 2 aliphatic heterocycles. The van der Waals surface area contributed by atoms with E-state index in [2.05, 4.69) is 32.7 Å². The van der Waals surface area contributed by atoms with Gasteiger partial charge in [-0.3, -0.25) is 9.98 Å². The zero-order valence-electron chi connectivity index (χ0n) is 15.6. The maximum Gasteiger partial charge on any atom is 0.177 e. The largest absolute Gasteiger partial charge is 0.503 e. The predicted octanol–water partition coefficient (Wildman–Crippen LogP) is 5.58. The first-order valence-electron chi connectivity index (χ1n) is 9.30. The number of fused-ring (bicyclic) bond motifs is 1. The Morgan fingerprint density at radius 3 is 2.89 bits per heavy atom. The van der Waals surface area contributed by atoms with E-state index in [0.29, 0.717) is 22.9 Å². The van der Waals surface area contributed by atoms with E-state index in [1.807, 2.05) is 31.2 Å². The highest BCUT2D eigenvalue weighted by Crippen LogP contribution is 2.53. The number of halogens is 2. The number of amidine groups is 1. The SMILES string of the molecule is CCOc1cc(C2C(c3ccccn3)N=C3SCC(CC)N32)c(Br)c(Cl)c1O. The highest BCUT2D eigenvalue weighted by atomic mass is 79.9. The number of aromatic hydroxyl groups is 1. The van der Waals surface area contributed by atoms with Crippen LogP contribution in [0, 0.1) is 0 Å². The summed E-state index contributed by atoms with van der Waals surface area (Å²) in [6.45, 7) is 4.52. The number of hydrogen-bond donors (Lipinski definition) is 1. The number of ether oxygens (including phenoxy) is 1. The summed E-state index contributed by atoms with van der Waals surface area (Å²) in [5.74, 6) is 1.36. The first-order chi connectivity index (χ1) is 13.6. The number of thioether (sulfide) groups is 1. The summed E-state index contributed by atoms with van der Waals surface area (Å²) in [7, 11) is 0. The fraction of sp³-hybridized carbons (Fsp3) is 0.400. The molecule has 28 heavy (non-hydrogen) atoms. The Labute approximate surface area is 182 Å². The fourth-order valence-electron chi connectivity index (χ4n) is 3.78. The highest BCUT2D eigenvalue weighted by Gasteiger charge is 2.46. The van der Waals surface area contributed by atoms with Crippen LogP contribution in [-0.4, -0.2) is 38.6 Å². The van der Waals surface area contributed by atoms with Crippen LogP contribution >= 0.6 is 39.3 Å². The average molecular weight is 483 g/mol. The van der Waals surface area contributed by atoms with Crippen LogP contribution in [-0.2, 0) is 0 Å². The third-order valence-electron chi connectivity index (χ3n) is 5.12. The zero-order valence-corrected chi connectivity index (χ0v) is 18.8. The number of phenolic OH excluding ortho intramolecular Hbond substituents is 1. The molecule has 0 aliphatic carbocycles. The second-order valence-corrected chi connectivity index (χ2v) is 8.87. The van der Waals surface area contributed by atoms with E-state index in [9.17, 15) is 5.11 Å². The predicted molar refractivity (Wildman–Crippen MR) is 118 cm³/mol. The Balaban J connectivity index is 1.87.